The first-order valence-corrected chi connectivity index (χ1v) is 8.16. The fraction of sp³-hybridized carbons (Fsp3) is 0.211. The van der Waals surface area contributed by atoms with Gasteiger partial charge in [-0.05, 0) is 23.8 Å². The van der Waals surface area contributed by atoms with Crippen molar-refractivity contribution < 1.29 is 9.53 Å². The Morgan fingerprint density at radius 1 is 1.16 bits per heavy atom. The lowest BCUT2D eigenvalue weighted by Gasteiger charge is -2.39. The summed E-state index contributed by atoms with van der Waals surface area (Å²) < 4.78 is 5.89. The van der Waals surface area contributed by atoms with E-state index < -0.39 is 5.91 Å². The summed E-state index contributed by atoms with van der Waals surface area (Å²) in [5.41, 5.74) is 7.75. The van der Waals surface area contributed by atoms with Crippen molar-refractivity contribution in [3.8, 4) is 5.75 Å². The number of pyridine rings is 2. The third kappa shape index (κ3) is 3.29. The second-order valence-electron chi connectivity index (χ2n) is 6.16. The number of ether oxygens (including phenoxy) is 1. The van der Waals surface area contributed by atoms with E-state index in [9.17, 15) is 4.79 Å². The van der Waals surface area contributed by atoms with E-state index in [0.29, 0.717) is 5.75 Å². The van der Waals surface area contributed by atoms with Gasteiger partial charge in [-0.15, -0.1) is 0 Å². The molecule has 2 aromatic heterocycles. The quantitative estimate of drug-likeness (QED) is 0.772. The summed E-state index contributed by atoms with van der Waals surface area (Å²) in [4.78, 5) is 21.8. The smallest absolute Gasteiger partial charge is 0.267 e. The van der Waals surface area contributed by atoms with Crippen LogP contribution in [0, 0.1) is 0 Å². The zero-order valence-corrected chi connectivity index (χ0v) is 13.6. The van der Waals surface area contributed by atoms with Crippen molar-refractivity contribution in [3.63, 3.8) is 0 Å². The van der Waals surface area contributed by atoms with Gasteiger partial charge in [0, 0.05) is 43.5 Å². The lowest BCUT2D eigenvalue weighted by molar-refractivity contribution is 0.0147. The average Bonchev–Trinajstić information content (AvgIpc) is 2.60. The van der Waals surface area contributed by atoms with Gasteiger partial charge >= 0.3 is 0 Å². The van der Waals surface area contributed by atoms with Crippen LogP contribution in [-0.2, 0) is 6.54 Å². The predicted molar refractivity (Wildman–Crippen MR) is 94.2 cm³/mol. The van der Waals surface area contributed by atoms with Gasteiger partial charge in [0.25, 0.3) is 5.91 Å². The van der Waals surface area contributed by atoms with Crippen molar-refractivity contribution in [1.82, 2.24) is 14.9 Å². The number of aromatic nitrogens is 2. The van der Waals surface area contributed by atoms with Crippen molar-refractivity contribution in [3.05, 3.63) is 66.1 Å². The molecule has 0 atom stereocenters. The van der Waals surface area contributed by atoms with Crippen molar-refractivity contribution >= 4 is 16.8 Å². The van der Waals surface area contributed by atoms with Gasteiger partial charge in [0.05, 0.1) is 5.52 Å². The third-order valence-electron chi connectivity index (χ3n) is 4.34. The van der Waals surface area contributed by atoms with Crippen LogP contribution in [0.15, 0.2) is 54.9 Å². The van der Waals surface area contributed by atoms with E-state index in [1.807, 2.05) is 24.4 Å². The molecule has 0 aliphatic carbocycles. The first-order valence-electron chi connectivity index (χ1n) is 8.16. The number of carbonyl (C=O) groups is 1. The Morgan fingerprint density at radius 2 is 1.96 bits per heavy atom. The zero-order valence-electron chi connectivity index (χ0n) is 13.6. The number of fused-ring (bicyclic) bond motifs is 1. The first-order chi connectivity index (χ1) is 12.2. The second-order valence-corrected chi connectivity index (χ2v) is 6.16. The van der Waals surface area contributed by atoms with Crippen molar-refractivity contribution in [1.29, 1.82) is 0 Å². The van der Waals surface area contributed by atoms with Crippen LogP contribution in [0.25, 0.3) is 10.9 Å². The molecule has 126 valence electrons. The number of nitrogens with two attached hydrogens (primary N) is 1. The van der Waals surface area contributed by atoms with E-state index in [1.165, 1.54) is 17.1 Å². The summed E-state index contributed by atoms with van der Waals surface area (Å²) in [6, 6.07) is 13.6. The number of likely N-dealkylation sites (tertiary alicyclic amines) is 1. The Hall–Kier alpha value is -2.99. The maximum Gasteiger partial charge on any atom is 0.267 e. The van der Waals surface area contributed by atoms with E-state index in [0.717, 1.165) is 25.2 Å². The van der Waals surface area contributed by atoms with Crippen molar-refractivity contribution in [2.24, 2.45) is 5.73 Å². The molecule has 0 saturated carbocycles. The highest BCUT2D eigenvalue weighted by Gasteiger charge is 2.28. The minimum absolute atomic E-state index is 0.108. The fourth-order valence-electron chi connectivity index (χ4n) is 3.07. The molecule has 0 radical (unpaired) electrons. The van der Waals surface area contributed by atoms with E-state index in [-0.39, 0.29) is 11.8 Å². The van der Waals surface area contributed by atoms with Crippen LogP contribution in [0.3, 0.4) is 0 Å². The molecule has 6 nitrogen and oxygen atoms in total. The molecule has 0 bridgehead atoms. The molecule has 6 heteroatoms. The van der Waals surface area contributed by atoms with Gasteiger partial charge in [0.1, 0.15) is 17.5 Å². The van der Waals surface area contributed by atoms with Gasteiger partial charge in [0.2, 0.25) is 0 Å². The molecule has 0 spiro atoms. The SMILES string of the molecule is NC(=O)c1cc(OC2CN(Cc3ccnc4ccccc34)C2)ccn1. The highest BCUT2D eigenvalue weighted by atomic mass is 16.5. The Morgan fingerprint density at radius 3 is 2.80 bits per heavy atom. The molecule has 1 fully saturated rings. The first kappa shape index (κ1) is 15.5. The number of benzene rings is 1. The summed E-state index contributed by atoms with van der Waals surface area (Å²) in [5, 5.41) is 1.19. The van der Waals surface area contributed by atoms with Gasteiger partial charge in [0.15, 0.2) is 0 Å². The highest BCUT2D eigenvalue weighted by Crippen LogP contribution is 2.23. The summed E-state index contributed by atoms with van der Waals surface area (Å²) in [7, 11) is 0. The van der Waals surface area contributed by atoms with Gasteiger partial charge < -0.3 is 10.5 Å². The molecule has 4 rings (SSSR count). The highest BCUT2D eigenvalue weighted by molar-refractivity contribution is 5.91. The predicted octanol–water partition coefficient (Wildman–Crippen LogP) is 1.99. The molecular formula is C19H18N4O2. The minimum Gasteiger partial charge on any atom is -0.488 e. The Kier molecular flexibility index (Phi) is 4.03. The van der Waals surface area contributed by atoms with Crippen LogP contribution in [0.2, 0.25) is 0 Å². The van der Waals surface area contributed by atoms with Crippen molar-refractivity contribution in [2.75, 3.05) is 13.1 Å². The molecule has 25 heavy (non-hydrogen) atoms. The molecule has 2 N–H and O–H groups in total. The van der Waals surface area contributed by atoms with Crippen LogP contribution in [0.5, 0.6) is 5.75 Å². The molecule has 1 saturated heterocycles. The number of nitrogens with zero attached hydrogens (tertiary/aromatic N) is 3. The fourth-order valence-corrected chi connectivity index (χ4v) is 3.07. The second kappa shape index (κ2) is 6.49. The standard InChI is InChI=1S/C19H18N4O2/c20-19(24)18-9-14(6-8-22-18)25-15-11-23(12-15)10-13-5-7-21-17-4-2-1-3-16(13)17/h1-9,15H,10-12H2,(H2,20,24). The van der Waals surface area contributed by atoms with Gasteiger partial charge in [-0.1, -0.05) is 18.2 Å². The monoisotopic (exact) mass is 334 g/mol. The lowest BCUT2D eigenvalue weighted by Crippen LogP contribution is -2.53. The number of carbonyl (C=O) groups excluding carboxylic acids is 1. The average molecular weight is 334 g/mol. The minimum atomic E-state index is -0.551. The van der Waals surface area contributed by atoms with Crippen LogP contribution >= 0.6 is 0 Å². The largest absolute Gasteiger partial charge is 0.488 e. The van der Waals surface area contributed by atoms with Crippen LogP contribution < -0.4 is 10.5 Å². The summed E-state index contributed by atoms with van der Waals surface area (Å²) in [5.74, 6) is 0.0769. The Balaban J connectivity index is 1.38. The number of primary amides is 1. The van der Waals surface area contributed by atoms with Gasteiger partial charge in [-0.3, -0.25) is 19.7 Å². The van der Waals surface area contributed by atoms with Gasteiger partial charge in [-0.2, -0.15) is 0 Å². The number of rotatable bonds is 5. The zero-order chi connectivity index (χ0) is 17.2. The Bertz CT molecular complexity index is 917. The molecule has 0 unspecified atom stereocenters. The Labute approximate surface area is 145 Å². The molecule has 3 heterocycles. The topological polar surface area (TPSA) is 81.3 Å². The van der Waals surface area contributed by atoms with E-state index >= 15 is 0 Å². The molecule has 1 aliphatic rings. The third-order valence-corrected chi connectivity index (χ3v) is 4.34. The molecular weight excluding hydrogens is 316 g/mol. The number of hydrogen-bond acceptors (Lipinski definition) is 5. The summed E-state index contributed by atoms with van der Waals surface area (Å²) >= 11 is 0. The van der Waals surface area contributed by atoms with Crippen LogP contribution in [0.1, 0.15) is 16.1 Å². The lowest BCUT2D eigenvalue weighted by atomic mass is 10.1. The maximum absolute atomic E-state index is 11.2. The maximum atomic E-state index is 11.2. The van der Waals surface area contributed by atoms with Crippen LogP contribution in [-0.4, -0.2) is 40.0 Å². The van der Waals surface area contributed by atoms with E-state index in [1.54, 1.807) is 12.1 Å². The molecule has 1 aromatic carbocycles. The molecule has 3 aromatic rings. The number of para-hydroxylation sites is 1. The number of hydrogen-bond donors (Lipinski definition) is 1. The molecule has 1 amide bonds. The summed E-state index contributed by atoms with van der Waals surface area (Å²) in [6.45, 7) is 2.54. The summed E-state index contributed by atoms with van der Waals surface area (Å²) in [6.07, 6.45) is 3.50. The van der Waals surface area contributed by atoms with Crippen molar-refractivity contribution in [2.45, 2.75) is 12.6 Å². The van der Waals surface area contributed by atoms with Gasteiger partial charge in [-0.25, -0.2) is 0 Å². The number of amides is 1. The molecule has 1 aliphatic heterocycles. The van der Waals surface area contributed by atoms with E-state index in [4.69, 9.17) is 10.5 Å². The van der Waals surface area contributed by atoms with Crippen LogP contribution in [0.4, 0.5) is 0 Å². The normalized spacial score (nSPS) is 15.0. The van der Waals surface area contributed by atoms with E-state index in [2.05, 4.69) is 27.0 Å².